The van der Waals surface area contributed by atoms with Crippen LogP contribution in [0.25, 0.3) is 0 Å². The van der Waals surface area contributed by atoms with Crippen molar-refractivity contribution in [1.29, 1.82) is 0 Å². The summed E-state index contributed by atoms with van der Waals surface area (Å²) in [5.74, 6) is -0.813. The number of rotatable bonds is 3. The van der Waals surface area contributed by atoms with E-state index in [-0.39, 0.29) is 30.7 Å². The van der Waals surface area contributed by atoms with Crippen LogP contribution in [0.4, 0.5) is 0 Å². The minimum Gasteiger partial charge on any atom is -0.294 e. The Labute approximate surface area is 124 Å². The number of amides is 2. The molecule has 0 radical (unpaired) electrons. The zero-order chi connectivity index (χ0) is 15.8. The summed E-state index contributed by atoms with van der Waals surface area (Å²) >= 11 is 0. The molecular weight excluding hydrogens is 268 g/mol. The molecule has 2 rings (SSSR count). The minimum atomic E-state index is -0.874. The van der Waals surface area contributed by atoms with E-state index in [1.165, 1.54) is 0 Å². The second kappa shape index (κ2) is 5.41. The van der Waals surface area contributed by atoms with Crippen LogP contribution >= 0.6 is 0 Å². The van der Waals surface area contributed by atoms with Crippen LogP contribution < -0.4 is 5.32 Å². The van der Waals surface area contributed by atoms with Gasteiger partial charge in [0, 0.05) is 5.56 Å². The van der Waals surface area contributed by atoms with E-state index in [1.54, 1.807) is 18.7 Å². The van der Waals surface area contributed by atoms with E-state index >= 15 is 0 Å². The molecule has 21 heavy (non-hydrogen) atoms. The molecule has 0 saturated carbocycles. The molecule has 1 aliphatic rings. The van der Waals surface area contributed by atoms with Crippen LogP contribution in [0, 0.1) is 13.8 Å². The van der Waals surface area contributed by atoms with Gasteiger partial charge in [-0.2, -0.15) is 0 Å². The van der Waals surface area contributed by atoms with Gasteiger partial charge in [-0.15, -0.1) is 0 Å². The molecule has 5 heteroatoms. The monoisotopic (exact) mass is 288 g/mol. The second-order valence-corrected chi connectivity index (χ2v) is 6.03. The van der Waals surface area contributed by atoms with Crippen molar-refractivity contribution in [3.8, 4) is 0 Å². The maximum Gasteiger partial charge on any atom is 0.246 e. The fourth-order valence-corrected chi connectivity index (χ4v) is 2.38. The average molecular weight is 288 g/mol. The van der Waals surface area contributed by atoms with Gasteiger partial charge in [-0.25, -0.2) is 0 Å². The van der Waals surface area contributed by atoms with Gasteiger partial charge in [0.15, 0.2) is 5.78 Å². The van der Waals surface area contributed by atoms with Crippen molar-refractivity contribution >= 4 is 17.6 Å². The number of Topliss-reactive ketones (excluding diaryl/α,β-unsaturated/α-hetero) is 1. The smallest absolute Gasteiger partial charge is 0.246 e. The maximum absolute atomic E-state index is 12.5. The number of aryl methyl sites for hydroxylation is 2. The lowest BCUT2D eigenvalue weighted by Gasteiger charge is -2.39. The molecule has 0 bridgehead atoms. The quantitative estimate of drug-likeness (QED) is 0.671. The molecule has 1 aromatic rings. The summed E-state index contributed by atoms with van der Waals surface area (Å²) in [6.45, 7) is 7.34. The van der Waals surface area contributed by atoms with E-state index in [1.807, 2.05) is 32.0 Å². The number of nitrogens with zero attached hydrogens (tertiary/aromatic N) is 1. The first-order valence-corrected chi connectivity index (χ1v) is 6.91. The van der Waals surface area contributed by atoms with E-state index in [0.29, 0.717) is 5.56 Å². The van der Waals surface area contributed by atoms with Gasteiger partial charge in [0.2, 0.25) is 11.8 Å². The van der Waals surface area contributed by atoms with Crippen LogP contribution in [0.3, 0.4) is 0 Å². The Morgan fingerprint density at radius 2 is 1.95 bits per heavy atom. The van der Waals surface area contributed by atoms with E-state index in [9.17, 15) is 14.4 Å². The number of nitrogens with one attached hydrogen (secondary N) is 1. The maximum atomic E-state index is 12.5. The average Bonchev–Trinajstić information content (AvgIpc) is 2.38. The predicted octanol–water partition coefficient (Wildman–Crippen LogP) is 1.22. The van der Waals surface area contributed by atoms with Crippen LogP contribution in [-0.4, -0.2) is 41.1 Å². The molecule has 1 aliphatic heterocycles. The lowest BCUT2D eigenvalue weighted by Crippen LogP contribution is -2.64. The summed E-state index contributed by atoms with van der Waals surface area (Å²) in [5, 5.41) is 2.30. The van der Waals surface area contributed by atoms with E-state index in [4.69, 9.17) is 0 Å². The zero-order valence-electron chi connectivity index (χ0n) is 12.8. The summed E-state index contributed by atoms with van der Waals surface area (Å²) in [5.41, 5.74) is 1.68. The van der Waals surface area contributed by atoms with Gasteiger partial charge >= 0.3 is 0 Å². The highest BCUT2D eigenvalue weighted by Crippen LogP contribution is 2.20. The van der Waals surface area contributed by atoms with Crippen molar-refractivity contribution in [2.75, 3.05) is 13.1 Å². The highest BCUT2D eigenvalue weighted by atomic mass is 16.2. The summed E-state index contributed by atoms with van der Waals surface area (Å²) in [6.07, 6.45) is 0. The van der Waals surface area contributed by atoms with Crippen molar-refractivity contribution in [3.05, 3.63) is 34.9 Å². The van der Waals surface area contributed by atoms with E-state index < -0.39 is 5.54 Å². The molecule has 1 fully saturated rings. The molecule has 112 valence electrons. The third-order valence-electron chi connectivity index (χ3n) is 3.96. The van der Waals surface area contributed by atoms with Gasteiger partial charge in [-0.3, -0.25) is 24.6 Å². The zero-order valence-corrected chi connectivity index (χ0v) is 12.8. The lowest BCUT2D eigenvalue weighted by atomic mass is 9.96. The number of ketones is 1. The first kappa shape index (κ1) is 15.4. The molecular formula is C16H20N2O3. The minimum absolute atomic E-state index is 0.0509. The van der Waals surface area contributed by atoms with Crippen molar-refractivity contribution in [2.45, 2.75) is 33.2 Å². The Balaban J connectivity index is 2.24. The fraction of sp³-hybridized carbons (Fsp3) is 0.438. The largest absolute Gasteiger partial charge is 0.294 e. The Morgan fingerprint density at radius 3 is 2.62 bits per heavy atom. The molecule has 0 unspecified atom stereocenters. The Kier molecular flexibility index (Phi) is 3.96. The summed E-state index contributed by atoms with van der Waals surface area (Å²) in [6, 6.07) is 5.70. The number of hydrogen-bond acceptors (Lipinski definition) is 4. The first-order valence-electron chi connectivity index (χ1n) is 6.91. The number of hydrogen-bond donors (Lipinski definition) is 1. The van der Waals surface area contributed by atoms with Gasteiger partial charge in [0.25, 0.3) is 0 Å². The van der Waals surface area contributed by atoms with Crippen molar-refractivity contribution < 1.29 is 14.4 Å². The molecule has 2 amide bonds. The number of carbonyl (C=O) groups excluding carboxylic acids is 3. The number of benzene rings is 1. The van der Waals surface area contributed by atoms with Gasteiger partial charge < -0.3 is 0 Å². The Hall–Kier alpha value is -2.01. The number of imide groups is 1. The highest BCUT2D eigenvalue weighted by Gasteiger charge is 2.41. The molecule has 0 aromatic heterocycles. The molecule has 0 atom stereocenters. The molecule has 0 aliphatic carbocycles. The van der Waals surface area contributed by atoms with Gasteiger partial charge in [0.05, 0.1) is 18.6 Å². The fourth-order valence-electron chi connectivity index (χ4n) is 2.38. The SMILES string of the molecule is Cc1ccc(C)c(C(=O)CN2CC(=O)NC(=O)C2(C)C)c1. The van der Waals surface area contributed by atoms with E-state index in [0.717, 1.165) is 11.1 Å². The Morgan fingerprint density at radius 1 is 1.29 bits per heavy atom. The van der Waals surface area contributed by atoms with E-state index in [2.05, 4.69) is 5.32 Å². The second-order valence-electron chi connectivity index (χ2n) is 6.03. The summed E-state index contributed by atoms with van der Waals surface area (Å²) < 4.78 is 0. The predicted molar refractivity (Wildman–Crippen MR) is 79.0 cm³/mol. The summed E-state index contributed by atoms with van der Waals surface area (Å²) in [4.78, 5) is 37.5. The van der Waals surface area contributed by atoms with Crippen LogP contribution in [0.1, 0.15) is 35.3 Å². The molecule has 1 N–H and O–H groups in total. The van der Waals surface area contributed by atoms with Crippen LogP contribution in [0.5, 0.6) is 0 Å². The third-order valence-corrected chi connectivity index (χ3v) is 3.96. The number of piperazine rings is 1. The van der Waals surface area contributed by atoms with Crippen molar-refractivity contribution in [3.63, 3.8) is 0 Å². The molecule has 5 nitrogen and oxygen atoms in total. The normalized spacial score (nSPS) is 18.5. The Bertz CT molecular complexity index is 620. The highest BCUT2D eigenvalue weighted by molar-refractivity contribution is 6.05. The van der Waals surface area contributed by atoms with Crippen molar-refractivity contribution in [2.24, 2.45) is 0 Å². The first-order chi connectivity index (χ1) is 9.71. The standard InChI is InChI=1S/C16H20N2O3/c1-10-5-6-11(2)12(7-10)13(19)8-18-9-14(20)17-15(21)16(18,3)4/h5-7H,8-9H2,1-4H3,(H,17,20,21). The van der Waals surface area contributed by atoms with Crippen LogP contribution in [-0.2, 0) is 9.59 Å². The van der Waals surface area contributed by atoms with Crippen molar-refractivity contribution in [1.82, 2.24) is 10.2 Å². The molecule has 0 spiro atoms. The molecule has 1 aromatic carbocycles. The topological polar surface area (TPSA) is 66.5 Å². The third kappa shape index (κ3) is 3.03. The number of carbonyl (C=O) groups is 3. The molecule has 1 heterocycles. The van der Waals surface area contributed by atoms with Crippen LogP contribution in [0.15, 0.2) is 18.2 Å². The van der Waals surface area contributed by atoms with Gasteiger partial charge in [0.1, 0.15) is 0 Å². The lowest BCUT2D eigenvalue weighted by molar-refractivity contribution is -0.144. The summed E-state index contributed by atoms with van der Waals surface area (Å²) in [7, 11) is 0. The molecule has 1 saturated heterocycles. The van der Waals surface area contributed by atoms with Gasteiger partial charge in [-0.05, 0) is 39.3 Å². The van der Waals surface area contributed by atoms with Gasteiger partial charge in [-0.1, -0.05) is 17.7 Å². The van der Waals surface area contributed by atoms with Crippen LogP contribution in [0.2, 0.25) is 0 Å².